The third-order valence-corrected chi connectivity index (χ3v) is 3.30. The first-order valence-electron chi connectivity index (χ1n) is 6.29. The summed E-state index contributed by atoms with van der Waals surface area (Å²) in [6, 6.07) is 7.23. The summed E-state index contributed by atoms with van der Waals surface area (Å²) in [5, 5.41) is 7.05. The minimum Gasteiger partial charge on any atom is -0.319 e. The van der Waals surface area contributed by atoms with E-state index >= 15 is 0 Å². The maximum Gasteiger partial charge on any atom is 0.255 e. The fourth-order valence-electron chi connectivity index (χ4n) is 1.66. The van der Waals surface area contributed by atoms with Gasteiger partial charge in [-0.2, -0.15) is 5.10 Å². The van der Waals surface area contributed by atoms with Crippen LogP contribution in [-0.4, -0.2) is 41.2 Å². The van der Waals surface area contributed by atoms with Gasteiger partial charge in [0.2, 0.25) is 0 Å². The van der Waals surface area contributed by atoms with Crippen LogP contribution in [0.5, 0.6) is 0 Å². The normalized spacial score (nSPS) is 10.8. The van der Waals surface area contributed by atoms with E-state index < -0.39 is 0 Å². The molecular formula is C14H17BrN4O. The standard InChI is InChI=1S/C14H17BrN4O/c1-18(2)7-8-19-10-13(9-16-19)17-14(20)11-3-5-12(15)6-4-11/h3-6,9-10H,7-8H2,1-2H3,(H,17,20). The minimum atomic E-state index is -0.135. The van der Waals surface area contributed by atoms with Crippen molar-refractivity contribution in [2.75, 3.05) is 26.0 Å². The van der Waals surface area contributed by atoms with Crippen LogP contribution in [0, 0.1) is 0 Å². The first kappa shape index (κ1) is 14.7. The second-order valence-electron chi connectivity index (χ2n) is 4.76. The van der Waals surface area contributed by atoms with Crippen LogP contribution in [0.1, 0.15) is 10.4 Å². The predicted molar refractivity (Wildman–Crippen MR) is 82.9 cm³/mol. The third-order valence-electron chi connectivity index (χ3n) is 2.77. The number of anilines is 1. The number of rotatable bonds is 5. The lowest BCUT2D eigenvalue weighted by molar-refractivity contribution is 0.102. The van der Waals surface area contributed by atoms with Gasteiger partial charge in [-0.15, -0.1) is 0 Å². The molecule has 0 fully saturated rings. The Morgan fingerprint density at radius 2 is 2.05 bits per heavy atom. The van der Waals surface area contributed by atoms with E-state index in [2.05, 4.69) is 31.2 Å². The predicted octanol–water partition coefficient (Wildman–Crippen LogP) is 2.46. The molecule has 5 nitrogen and oxygen atoms in total. The number of nitrogens with zero attached hydrogens (tertiary/aromatic N) is 3. The van der Waals surface area contributed by atoms with E-state index in [0.717, 1.165) is 17.6 Å². The van der Waals surface area contributed by atoms with Crippen LogP contribution in [0.2, 0.25) is 0 Å². The van der Waals surface area contributed by atoms with Crippen molar-refractivity contribution in [2.24, 2.45) is 0 Å². The van der Waals surface area contributed by atoms with Gasteiger partial charge < -0.3 is 10.2 Å². The lowest BCUT2D eigenvalue weighted by Crippen LogP contribution is -2.18. The minimum absolute atomic E-state index is 0.135. The van der Waals surface area contributed by atoms with Gasteiger partial charge in [0.25, 0.3) is 5.91 Å². The van der Waals surface area contributed by atoms with Crippen molar-refractivity contribution in [1.82, 2.24) is 14.7 Å². The van der Waals surface area contributed by atoms with Crippen LogP contribution >= 0.6 is 15.9 Å². The van der Waals surface area contributed by atoms with Gasteiger partial charge in [-0.25, -0.2) is 0 Å². The zero-order chi connectivity index (χ0) is 14.5. The largest absolute Gasteiger partial charge is 0.319 e. The highest BCUT2D eigenvalue weighted by Gasteiger charge is 2.07. The molecule has 0 aliphatic rings. The van der Waals surface area contributed by atoms with Crippen molar-refractivity contribution in [2.45, 2.75) is 6.54 Å². The summed E-state index contributed by atoms with van der Waals surface area (Å²) in [4.78, 5) is 14.1. The Hall–Kier alpha value is -1.66. The second kappa shape index (κ2) is 6.67. The molecule has 1 aromatic carbocycles. The molecule has 0 spiro atoms. The molecule has 0 atom stereocenters. The molecule has 2 aromatic rings. The average Bonchev–Trinajstić information content (AvgIpc) is 2.84. The van der Waals surface area contributed by atoms with E-state index in [1.54, 1.807) is 18.3 Å². The maximum atomic E-state index is 12.0. The Bertz CT molecular complexity index is 577. The molecule has 0 unspecified atom stereocenters. The summed E-state index contributed by atoms with van der Waals surface area (Å²) < 4.78 is 2.77. The van der Waals surface area contributed by atoms with Gasteiger partial charge in [0.1, 0.15) is 0 Å². The van der Waals surface area contributed by atoms with Crippen molar-refractivity contribution in [3.8, 4) is 0 Å². The first-order valence-corrected chi connectivity index (χ1v) is 7.08. The van der Waals surface area contributed by atoms with Crippen LogP contribution < -0.4 is 5.32 Å². The topological polar surface area (TPSA) is 50.2 Å². The molecule has 1 heterocycles. The van der Waals surface area contributed by atoms with Gasteiger partial charge in [0.05, 0.1) is 18.4 Å². The molecule has 20 heavy (non-hydrogen) atoms. The smallest absolute Gasteiger partial charge is 0.255 e. The number of hydrogen-bond donors (Lipinski definition) is 1. The molecular weight excluding hydrogens is 320 g/mol. The Kier molecular flexibility index (Phi) is 4.92. The van der Waals surface area contributed by atoms with Gasteiger partial charge in [-0.1, -0.05) is 15.9 Å². The molecule has 0 saturated heterocycles. The number of amides is 1. The number of hydrogen-bond acceptors (Lipinski definition) is 3. The average molecular weight is 337 g/mol. The van der Waals surface area contributed by atoms with Gasteiger partial charge >= 0.3 is 0 Å². The van der Waals surface area contributed by atoms with Gasteiger partial charge in [-0.05, 0) is 38.4 Å². The Morgan fingerprint density at radius 1 is 1.35 bits per heavy atom. The van der Waals surface area contributed by atoms with Gasteiger partial charge in [-0.3, -0.25) is 9.48 Å². The molecule has 0 bridgehead atoms. The van der Waals surface area contributed by atoms with E-state index in [1.807, 2.05) is 37.1 Å². The summed E-state index contributed by atoms with van der Waals surface area (Å²) in [5.74, 6) is -0.135. The lowest BCUT2D eigenvalue weighted by atomic mass is 10.2. The highest BCUT2D eigenvalue weighted by atomic mass is 79.9. The van der Waals surface area contributed by atoms with E-state index in [9.17, 15) is 4.79 Å². The summed E-state index contributed by atoms with van der Waals surface area (Å²) in [6.45, 7) is 1.70. The van der Waals surface area contributed by atoms with Gasteiger partial charge in [0.15, 0.2) is 0 Å². The van der Waals surface area contributed by atoms with Gasteiger partial charge in [0, 0.05) is 22.8 Å². The van der Waals surface area contributed by atoms with E-state index in [-0.39, 0.29) is 5.91 Å². The number of aromatic nitrogens is 2. The highest BCUT2D eigenvalue weighted by molar-refractivity contribution is 9.10. The first-order chi connectivity index (χ1) is 9.54. The molecule has 1 N–H and O–H groups in total. The maximum absolute atomic E-state index is 12.0. The number of nitrogens with one attached hydrogen (secondary N) is 1. The number of halogens is 1. The molecule has 0 radical (unpaired) electrons. The zero-order valence-electron chi connectivity index (χ0n) is 11.5. The molecule has 6 heteroatoms. The van der Waals surface area contributed by atoms with Crippen LogP contribution in [-0.2, 0) is 6.54 Å². The van der Waals surface area contributed by atoms with Crippen LogP contribution in [0.4, 0.5) is 5.69 Å². The van der Waals surface area contributed by atoms with E-state index in [4.69, 9.17) is 0 Å². The third kappa shape index (κ3) is 4.18. The number of carbonyl (C=O) groups is 1. The fourth-order valence-corrected chi connectivity index (χ4v) is 1.92. The van der Waals surface area contributed by atoms with Crippen molar-refractivity contribution in [3.63, 3.8) is 0 Å². The molecule has 106 valence electrons. The van der Waals surface area contributed by atoms with Crippen molar-refractivity contribution < 1.29 is 4.79 Å². The Balaban J connectivity index is 1.96. The summed E-state index contributed by atoms with van der Waals surface area (Å²) in [7, 11) is 4.03. The Labute approximate surface area is 126 Å². The summed E-state index contributed by atoms with van der Waals surface area (Å²) in [5.41, 5.74) is 1.32. The number of likely N-dealkylation sites (N-methyl/N-ethyl adjacent to an activating group) is 1. The van der Waals surface area contributed by atoms with Crippen LogP contribution in [0.25, 0.3) is 0 Å². The zero-order valence-corrected chi connectivity index (χ0v) is 13.1. The van der Waals surface area contributed by atoms with Crippen LogP contribution in [0.3, 0.4) is 0 Å². The summed E-state index contributed by atoms with van der Waals surface area (Å²) in [6.07, 6.45) is 3.49. The van der Waals surface area contributed by atoms with Crippen molar-refractivity contribution in [1.29, 1.82) is 0 Å². The molecule has 0 aliphatic heterocycles. The molecule has 2 rings (SSSR count). The monoisotopic (exact) mass is 336 g/mol. The quantitative estimate of drug-likeness (QED) is 0.912. The SMILES string of the molecule is CN(C)CCn1cc(NC(=O)c2ccc(Br)cc2)cn1. The van der Waals surface area contributed by atoms with Crippen molar-refractivity contribution >= 4 is 27.5 Å². The highest BCUT2D eigenvalue weighted by Crippen LogP contribution is 2.12. The second-order valence-corrected chi connectivity index (χ2v) is 5.67. The number of carbonyl (C=O) groups excluding carboxylic acids is 1. The molecule has 1 aromatic heterocycles. The van der Waals surface area contributed by atoms with Crippen molar-refractivity contribution in [3.05, 3.63) is 46.7 Å². The molecule has 0 saturated carbocycles. The number of benzene rings is 1. The lowest BCUT2D eigenvalue weighted by Gasteiger charge is -2.08. The van der Waals surface area contributed by atoms with Crippen LogP contribution in [0.15, 0.2) is 41.1 Å². The Morgan fingerprint density at radius 3 is 2.70 bits per heavy atom. The molecule has 0 aliphatic carbocycles. The fraction of sp³-hybridized carbons (Fsp3) is 0.286. The summed E-state index contributed by atoms with van der Waals surface area (Å²) >= 11 is 3.34. The molecule has 1 amide bonds. The van der Waals surface area contributed by atoms with E-state index in [0.29, 0.717) is 11.3 Å². The van der Waals surface area contributed by atoms with E-state index in [1.165, 1.54) is 0 Å².